The Hall–Kier alpha value is -1.61. The third-order valence-electron chi connectivity index (χ3n) is 2.68. The molecule has 0 spiro atoms. The average Bonchev–Trinajstić information content (AvgIpc) is 2.61. The van der Waals surface area contributed by atoms with E-state index in [4.69, 9.17) is 18.4 Å². The Bertz CT molecular complexity index is 595. The van der Waals surface area contributed by atoms with Crippen LogP contribution in [0.15, 0.2) is 48.6 Å². The first-order valence-corrected chi connectivity index (χ1v) is 7.93. The summed E-state index contributed by atoms with van der Waals surface area (Å²) in [5.74, 6) is -0.780. The van der Waals surface area contributed by atoms with Gasteiger partial charge in [0.1, 0.15) is 0 Å². The van der Waals surface area contributed by atoms with Crippen molar-refractivity contribution in [2.45, 2.75) is 64.1 Å². The maximum Gasteiger partial charge on any atom is 0.303 e. The maximum absolute atomic E-state index is 10.4. The van der Waals surface area contributed by atoms with E-state index in [1.54, 1.807) is 0 Å². The fourth-order valence-electron chi connectivity index (χ4n) is 1.54. The zero-order chi connectivity index (χ0) is 22.4. The summed E-state index contributed by atoms with van der Waals surface area (Å²) >= 11 is 0. The van der Waals surface area contributed by atoms with Crippen molar-refractivity contribution in [3.63, 3.8) is 0 Å². The molecule has 0 bridgehead atoms. The van der Waals surface area contributed by atoms with Gasteiger partial charge in [-0.2, -0.15) is 0 Å². The Morgan fingerprint density at radius 1 is 0.826 bits per heavy atom. The minimum absolute atomic E-state index is 0.182. The lowest BCUT2D eigenvalue weighted by atomic mass is 10.2. The van der Waals surface area contributed by atoms with Gasteiger partial charge in [-0.3, -0.25) is 4.79 Å². The summed E-state index contributed by atoms with van der Waals surface area (Å²) in [6, 6.07) is 0. The van der Waals surface area contributed by atoms with Crippen LogP contribution in [0.2, 0.25) is 0 Å². The largest absolute Gasteiger partial charge is 0.481 e. The molecule has 3 heteroatoms. The molecule has 0 saturated heterocycles. The molecular weight excluding hydrogens is 288 g/mol. The van der Waals surface area contributed by atoms with Crippen molar-refractivity contribution in [2.24, 2.45) is 0 Å². The summed E-state index contributed by atoms with van der Waals surface area (Å²) in [7, 11) is 0. The van der Waals surface area contributed by atoms with Gasteiger partial charge >= 0.3 is 5.97 Å². The third-order valence-corrected chi connectivity index (χ3v) is 2.68. The van der Waals surface area contributed by atoms with E-state index in [0.29, 0.717) is 19.3 Å². The molecule has 0 aliphatic heterocycles. The second-order valence-corrected chi connectivity index (χ2v) is 4.73. The van der Waals surface area contributed by atoms with Crippen LogP contribution in [0.4, 0.5) is 0 Å². The van der Waals surface area contributed by atoms with Gasteiger partial charge in [-0.1, -0.05) is 55.0 Å². The molecule has 0 amide bonds. The van der Waals surface area contributed by atoms with Crippen molar-refractivity contribution >= 4 is 5.97 Å². The van der Waals surface area contributed by atoms with Crippen LogP contribution in [0.5, 0.6) is 0 Å². The van der Waals surface area contributed by atoms with Gasteiger partial charge in [0.05, 0.1) is 0 Å². The first-order chi connectivity index (χ1) is 13.5. The van der Waals surface area contributed by atoms with Crippen molar-refractivity contribution in [1.29, 1.82) is 0 Å². The van der Waals surface area contributed by atoms with Crippen LogP contribution in [0.1, 0.15) is 72.3 Å². The van der Waals surface area contributed by atoms with Crippen molar-refractivity contribution < 1.29 is 23.2 Å². The number of hydrogen-bond acceptors (Lipinski definition) is 2. The Kier molecular flexibility index (Phi) is 10.2. The van der Waals surface area contributed by atoms with Gasteiger partial charge in [0, 0.05) is 21.3 Å². The maximum atomic E-state index is 10.4. The molecule has 0 aromatic heterocycles. The predicted octanol–water partition coefficient (Wildman–Crippen LogP) is 5.19. The normalized spacial score (nSPS) is 18.1. The molecule has 130 valence electrons. The molecule has 2 N–H and O–H groups in total. The van der Waals surface area contributed by atoms with Crippen LogP contribution in [0, 0.1) is 0 Å². The molecule has 23 heavy (non-hydrogen) atoms. The first-order valence-electron chi connectivity index (χ1n) is 10.9. The zero-order valence-corrected chi connectivity index (χ0v) is 13.6. The molecule has 0 atom stereocenters. The first kappa shape index (κ1) is 12.8. The van der Waals surface area contributed by atoms with E-state index in [-0.39, 0.29) is 6.42 Å². The lowest BCUT2D eigenvalue weighted by molar-refractivity contribution is -0.137. The Labute approximate surface area is 149 Å². The van der Waals surface area contributed by atoms with Crippen LogP contribution in [-0.2, 0) is 4.79 Å². The van der Waals surface area contributed by atoms with Crippen LogP contribution in [-0.4, -0.2) is 22.8 Å². The average molecular weight is 327 g/mol. The summed E-state index contributed by atoms with van der Waals surface area (Å²) < 4.78 is 46.7. The minimum atomic E-state index is -2.77. The number of carbonyl (C=O) groups is 1. The van der Waals surface area contributed by atoms with E-state index < -0.39 is 38.1 Å². The molecule has 0 radical (unpaired) electrons. The van der Waals surface area contributed by atoms with E-state index in [0.717, 1.165) is 18.9 Å². The standard InChI is InChI=1S/C20H32O3/c21-19-17-15-13-11-9-7-5-3-1-2-4-6-8-10-12-14-16-18-20(22)23/h1,3-4,6-7,9-10,12,21H,2,5,8,11,13-19H2,(H,22,23)/b3-1-,6-4-,9-7-,12-10-/i11D2,13D2,15D2. The van der Waals surface area contributed by atoms with Gasteiger partial charge in [-0.15, -0.1) is 0 Å². The van der Waals surface area contributed by atoms with Crippen LogP contribution >= 0.6 is 0 Å². The Balaban J connectivity index is 4.24. The Morgan fingerprint density at radius 2 is 1.39 bits per heavy atom. The highest BCUT2D eigenvalue weighted by molar-refractivity contribution is 5.66. The van der Waals surface area contributed by atoms with Crippen LogP contribution in [0.3, 0.4) is 0 Å². The molecule has 0 aliphatic carbocycles. The topological polar surface area (TPSA) is 57.5 Å². The van der Waals surface area contributed by atoms with Gasteiger partial charge in [-0.25, -0.2) is 0 Å². The fraction of sp³-hybridized carbons (Fsp3) is 0.550. The number of rotatable bonds is 15. The van der Waals surface area contributed by atoms with E-state index in [9.17, 15) is 4.79 Å². The monoisotopic (exact) mass is 326 g/mol. The van der Waals surface area contributed by atoms with E-state index >= 15 is 0 Å². The number of carboxylic acids is 1. The summed E-state index contributed by atoms with van der Waals surface area (Å²) in [6.45, 7) is -0.553. The van der Waals surface area contributed by atoms with Gasteiger partial charge in [0.15, 0.2) is 0 Å². The number of aliphatic hydroxyl groups excluding tert-OH is 1. The number of carboxylic acid groups (broad SMARTS) is 1. The smallest absolute Gasteiger partial charge is 0.303 e. The molecule has 0 aromatic rings. The van der Waals surface area contributed by atoms with Crippen LogP contribution < -0.4 is 0 Å². The second-order valence-electron chi connectivity index (χ2n) is 4.73. The molecule has 0 saturated carbocycles. The molecule has 0 heterocycles. The van der Waals surface area contributed by atoms with Crippen LogP contribution in [0.25, 0.3) is 0 Å². The van der Waals surface area contributed by atoms with Crippen molar-refractivity contribution in [3.8, 4) is 0 Å². The van der Waals surface area contributed by atoms with Crippen molar-refractivity contribution in [3.05, 3.63) is 48.6 Å². The number of allylic oxidation sites excluding steroid dienone is 8. The van der Waals surface area contributed by atoms with Gasteiger partial charge in [0.2, 0.25) is 0 Å². The number of aliphatic hydroxyl groups is 1. The Morgan fingerprint density at radius 3 is 1.96 bits per heavy atom. The quantitative estimate of drug-likeness (QED) is 0.322. The fourth-order valence-corrected chi connectivity index (χ4v) is 1.54. The highest BCUT2D eigenvalue weighted by Gasteiger charge is 1.92. The molecular formula is C20H32O3. The van der Waals surface area contributed by atoms with Crippen molar-refractivity contribution in [2.75, 3.05) is 6.61 Å². The van der Waals surface area contributed by atoms with Gasteiger partial charge in [-0.05, 0) is 51.3 Å². The molecule has 0 unspecified atom stereocenters. The number of aliphatic carboxylic acids is 1. The summed E-state index contributed by atoms with van der Waals surface area (Å²) in [5.41, 5.74) is 0. The molecule has 0 fully saturated rings. The summed E-state index contributed by atoms with van der Waals surface area (Å²) in [4.78, 5) is 10.4. The number of unbranched alkanes of at least 4 members (excludes halogenated alkanes) is 1. The number of hydrogen-bond donors (Lipinski definition) is 2. The molecule has 3 nitrogen and oxygen atoms in total. The predicted molar refractivity (Wildman–Crippen MR) is 97.5 cm³/mol. The lowest BCUT2D eigenvalue weighted by Gasteiger charge is -1.93. The SMILES string of the molecule is [2H]C([2H])(/C=C\C/C=C\C/C=C\C/C=C\CCCC(=O)O)C([2H])([2H])C([2H])([2H])CCO. The van der Waals surface area contributed by atoms with Gasteiger partial charge < -0.3 is 10.2 Å². The highest BCUT2D eigenvalue weighted by atomic mass is 16.4. The van der Waals surface area contributed by atoms with E-state index in [1.807, 2.05) is 36.5 Å². The van der Waals surface area contributed by atoms with E-state index in [1.165, 1.54) is 6.08 Å². The zero-order valence-electron chi connectivity index (χ0n) is 19.6. The highest BCUT2D eigenvalue weighted by Crippen LogP contribution is 2.01. The summed E-state index contributed by atoms with van der Waals surface area (Å²) in [5, 5.41) is 17.4. The third kappa shape index (κ3) is 20.4. The minimum Gasteiger partial charge on any atom is -0.481 e. The summed E-state index contributed by atoms with van der Waals surface area (Å²) in [6.07, 6.45) is 9.33. The molecule has 0 aromatic carbocycles. The van der Waals surface area contributed by atoms with Crippen molar-refractivity contribution in [1.82, 2.24) is 0 Å². The van der Waals surface area contributed by atoms with E-state index in [2.05, 4.69) is 0 Å². The second kappa shape index (κ2) is 18.4. The molecule has 0 aliphatic rings. The van der Waals surface area contributed by atoms with Gasteiger partial charge in [0.25, 0.3) is 0 Å². The lowest BCUT2D eigenvalue weighted by Crippen LogP contribution is -1.92. The molecule has 0 rings (SSSR count).